The van der Waals surface area contributed by atoms with Crippen molar-refractivity contribution in [3.05, 3.63) is 76.9 Å². The van der Waals surface area contributed by atoms with Crippen molar-refractivity contribution in [2.45, 2.75) is 12.1 Å². The summed E-state index contributed by atoms with van der Waals surface area (Å²) < 4.78 is 63.2. The minimum absolute atomic E-state index is 0.0533. The molecule has 0 spiro atoms. The van der Waals surface area contributed by atoms with E-state index in [0.717, 1.165) is 7.11 Å². The van der Waals surface area contributed by atoms with Gasteiger partial charge in [-0.2, -0.15) is 13.2 Å². The minimum atomic E-state index is -4.99. The fraction of sp³-hybridized carbons (Fsp3) is 0.222. The van der Waals surface area contributed by atoms with Gasteiger partial charge in [0.1, 0.15) is 22.8 Å². The van der Waals surface area contributed by atoms with E-state index >= 15 is 0 Å². The number of amides is 2. The van der Waals surface area contributed by atoms with E-state index < -0.39 is 46.9 Å². The molecule has 0 fully saturated rings. The third kappa shape index (κ3) is 5.74. The Morgan fingerprint density at radius 1 is 1.00 bits per heavy atom. The maximum absolute atomic E-state index is 14.0. The molecule has 13 nitrogen and oxygen atoms in total. The predicted molar refractivity (Wildman–Crippen MR) is 189 cm³/mol. The van der Waals surface area contributed by atoms with E-state index in [1.54, 1.807) is 36.4 Å². The van der Waals surface area contributed by atoms with Crippen molar-refractivity contribution >= 4 is 73.3 Å². The number of pyridine rings is 1. The fourth-order valence-electron chi connectivity index (χ4n) is 6.81. The number of phenolic OH excluding ortho intramolecular Hbond substituents is 1. The molecule has 4 heterocycles. The van der Waals surface area contributed by atoms with E-state index in [4.69, 9.17) is 25.8 Å². The second-order valence-corrected chi connectivity index (χ2v) is 12.4. The van der Waals surface area contributed by atoms with Gasteiger partial charge in [0.2, 0.25) is 5.75 Å². The Morgan fingerprint density at radius 3 is 2.42 bits per heavy atom. The van der Waals surface area contributed by atoms with Gasteiger partial charge in [0.05, 0.1) is 45.2 Å². The number of aromatic nitrogens is 3. The number of methoxy groups -OCH3 is 4. The lowest BCUT2D eigenvalue weighted by molar-refractivity contribution is -0.141. The molecule has 7 rings (SSSR count). The highest BCUT2D eigenvalue weighted by atomic mass is 35.5. The summed E-state index contributed by atoms with van der Waals surface area (Å²) >= 11 is 6.28. The molecule has 17 heteroatoms. The number of carbonyl (C=O) groups is 3. The van der Waals surface area contributed by atoms with Crippen molar-refractivity contribution in [2.75, 3.05) is 51.1 Å². The van der Waals surface area contributed by atoms with Gasteiger partial charge in [0.15, 0.2) is 11.5 Å². The molecule has 1 aliphatic rings. The van der Waals surface area contributed by atoms with Gasteiger partial charge >= 0.3 is 12.1 Å². The zero-order valence-electron chi connectivity index (χ0n) is 28.3. The second kappa shape index (κ2) is 13.1. The number of nitrogens with zero attached hydrogens (tertiary/aromatic N) is 2. The van der Waals surface area contributed by atoms with Crippen LogP contribution in [0.4, 0.5) is 24.5 Å². The number of H-pyrrole nitrogens is 2. The van der Waals surface area contributed by atoms with Gasteiger partial charge in [-0.3, -0.25) is 14.6 Å². The summed E-state index contributed by atoms with van der Waals surface area (Å²) in [5.74, 6) is -2.63. The number of hydrogen-bond acceptors (Lipinski definition) is 9. The maximum atomic E-state index is 14.0. The highest BCUT2D eigenvalue weighted by Crippen LogP contribution is 2.49. The van der Waals surface area contributed by atoms with Crippen LogP contribution in [0.15, 0.2) is 48.7 Å². The Kier molecular flexibility index (Phi) is 8.72. The molecule has 53 heavy (non-hydrogen) atoms. The number of ether oxygens (including phenoxy) is 4. The average Bonchev–Trinajstić information content (AvgIpc) is 3.86. The van der Waals surface area contributed by atoms with Crippen LogP contribution in [0.5, 0.6) is 23.0 Å². The van der Waals surface area contributed by atoms with E-state index in [0.29, 0.717) is 44.6 Å². The number of fused-ring (bicyclic) bond motifs is 5. The molecule has 1 unspecified atom stereocenters. The van der Waals surface area contributed by atoms with Crippen LogP contribution in [0, 0.1) is 0 Å². The van der Waals surface area contributed by atoms with Gasteiger partial charge in [0, 0.05) is 63.4 Å². The van der Waals surface area contributed by atoms with Gasteiger partial charge < -0.3 is 44.2 Å². The first kappa shape index (κ1) is 35.3. The lowest BCUT2D eigenvalue weighted by Gasteiger charge is -2.17. The van der Waals surface area contributed by atoms with Gasteiger partial charge in [-0.15, -0.1) is 11.6 Å². The maximum Gasteiger partial charge on any atom is 0.432 e. The van der Waals surface area contributed by atoms with Gasteiger partial charge in [-0.25, -0.2) is 4.79 Å². The van der Waals surface area contributed by atoms with Crippen molar-refractivity contribution in [1.29, 1.82) is 0 Å². The summed E-state index contributed by atoms with van der Waals surface area (Å²) in [5, 5.41) is 15.2. The molecule has 0 bridgehead atoms. The van der Waals surface area contributed by atoms with E-state index in [9.17, 15) is 32.7 Å². The first-order valence-electron chi connectivity index (χ1n) is 15.8. The largest absolute Gasteiger partial charge is 0.506 e. The zero-order chi connectivity index (χ0) is 37.9. The van der Waals surface area contributed by atoms with Crippen molar-refractivity contribution in [2.24, 2.45) is 0 Å². The lowest BCUT2D eigenvalue weighted by atomic mass is 9.95. The fourth-order valence-corrected chi connectivity index (χ4v) is 7.06. The standard InChI is InChI=1S/C36H29ClF3N5O8/c1-50-25-9-16-13-41-21(10-19(16)30(51-2)31(25)52-3)33(47)42-18-5-6-20-15(7-18)8-22(43-20)34(48)45-14-17(12-37)26-23(45)11-24(46)29-27(26)28(35(49)53-4)32(44-29)36(38,39)40/h5-11,13,17,43-44,46H,12,14H2,1-4H3,(H,42,47). The third-order valence-corrected chi connectivity index (χ3v) is 9.52. The van der Waals surface area contributed by atoms with E-state index in [1.807, 2.05) is 0 Å². The van der Waals surface area contributed by atoms with Crippen LogP contribution in [0.3, 0.4) is 0 Å². The predicted octanol–water partition coefficient (Wildman–Crippen LogP) is 6.97. The second-order valence-electron chi connectivity index (χ2n) is 12.1. The van der Waals surface area contributed by atoms with Crippen LogP contribution < -0.4 is 24.4 Å². The monoisotopic (exact) mass is 751 g/mol. The molecule has 0 saturated carbocycles. The molecule has 0 aliphatic carbocycles. The molecule has 3 aromatic carbocycles. The van der Waals surface area contributed by atoms with Crippen LogP contribution >= 0.6 is 11.6 Å². The minimum Gasteiger partial charge on any atom is -0.506 e. The molecule has 4 N–H and O–H groups in total. The molecule has 1 aliphatic heterocycles. The van der Waals surface area contributed by atoms with Crippen LogP contribution in [-0.2, 0) is 10.9 Å². The molecular weight excluding hydrogens is 723 g/mol. The van der Waals surface area contributed by atoms with Gasteiger partial charge in [0.25, 0.3) is 11.8 Å². The molecule has 6 aromatic rings. The highest BCUT2D eigenvalue weighted by Gasteiger charge is 2.43. The molecule has 0 radical (unpaired) electrons. The highest BCUT2D eigenvalue weighted by molar-refractivity contribution is 6.20. The summed E-state index contributed by atoms with van der Waals surface area (Å²) in [6.07, 6.45) is -3.48. The van der Waals surface area contributed by atoms with Crippen LogP contribution in [0.25, 0.3) is 32.6 Å². The summed E-state index contributed by atoms with van der Waals surface area (Å²) in [4.78, 5) is 50.8. The Labute approximate surface area is 302 Å². The van der Waals surface area contributed by atoms with Gasteiger partial charge in [-0.05, 0) is 42.0 Å². The molecule has 0 saturated heterocycles. The molecule has 1 atom stereocenters. The van der Waals surface area contributed by atoms with E-state index in [-0.39, 0.29) is 46.0 Å². The Balaban J connectivity index is 1.21. The number of esters is 1. The Morgan fingerprint density at radius 2 is 1.75 bits per heavy atom. The van der Waals surface area contributed by atoms with Crippen molar-refractivity contribution in [1.82, 2.24) is 15.0 Å². The van der Waals surface area contributed by atoms with Crippen LogP contribution in [0.1, 0.15) is 48.5 Å². The van der Waals surface area contributed by atoms with Crippen molar-refractivity contribution in [3.8, 4) is 23.0 Å². The van der Waals surface area contributed by atoms with Crippen molar-refractivity contribution < 1.29 is 51.6 Å². The number of alkyl halides is 4. The summed E-state index contributed by atoms with van der Waals surface area (Å²) in [6.45, 7) is -0.0533. The van der Waals surface area contributed by atoms with E-state index in [2.05, 4.69) is 25.0 Å². The first-order valence-corrected chi connectivity index (χ1v) is 16.3. The van der Waals surface area contributed by atoms with Gasteiger partial charge in [-0.1, -0.05) is 0 Å². The van der Waals surface area contributed by atoms with E-state index in [1.165, 1.54) is 38.5 Å². The molecular formula is C36H29ClF3N5O8. The third-order valence-electron chi connectivity index (χ3n) is 9.15. The number of aromatic amines is 2. The quantitative estimate of drug-likeness (QED) is 0.0949. The number of halogens is 4. The molecule has 2 amide bonds. The summed E-state index contributed by atoms with van der Waals surface area (Å²) in [5.41, 5.74) is -1.13. The SMILES string of the molecule is COC(=O)c1c(C(F)(F)F)[nH]c2c(O)cc3c(c12)C(CCl)CN3C(=O)c1cc2cc(NC(=O)c3cc4c(OC)c(OC)c(OC)cc4cn3)ccc2[nH]1. The molecule has 3 aromatic heterocycles. The topological polar surface area (TPSA) is 168 Å². The number of hydrogen-bond donors (Lipinski definition) is 4. The van der Waals surface area contributed by atoms with Crippen LogP contribution in [0.2, 0.25) is 0 Å². The number of aromatic hydroxyl groups is 1. The van der Waals surface area contributed by atoms with Crippen LogP contribution in [-0.4, -0.2) is 78.7 Å². The van der Waals surface area contributed by atoms with Crippen molar-refractivity contribution in [3.63, 3.8) is 0 Å². The number of nitrogens with one attached hydrogen (secondary N) is 3. The Bertz CT molecular complexity index is 2500. The Hall–Kier alpha value is -6.16. The number of rotatable bonds is 8. The number of benzene rings is 3. The lowest BCUT2D eigenvalue weighted by Crippen LogP contribution is -2.30. The number of carbonyl (C=O) groups excluding carboxylic acids is 3. The summed E-state index contributed by atoms with van der Waals surface area (Å²) in [6, 6.07) is 10.9. The molecule has 274 valence electrons. The number of phenols is 1. The average molecular weight is 752 g/mol. The number of anilines is 2. The normalized spacial score (nSPS) is 14.1. The summed E-state index contributed by atoms with van der Waals surface area (Å²) in [7, 11) is 5.38. The zero-order valence-corrected chi connectivity index (χ0v) is 29.1. The first-order chi connectivity index (χ1) is 25.3. The smallest absolute Gasteiger partial charge is 0.432 e.